The molecule has 3 aromatic rings. The average Bonchev–Trinajstić information content (AvgIpc) is 3.28. The summed E-state index contributed by atoms with van der Waals surface area (Å²) < 4.78 is 17.2. The predicted molar refractivity (Wildman–Crippen MR) is 140 cm³/mol. The first kappa shape index (κ1) is 26.5. The Morgan fingerprint density at radius 1 is 1.18 bits per heavy atom. The summed E-state index contributed by atoms with van der Waals surface area (Å²) in [5.41, 5.74) is 2.24. The Morgan fingerprint density at radius 2 is 1.85 bits per heavy atom. The van der Waals surface area contributed by atoms with Crippen molar-refractivity contribution in [3.8, 4) is 11.5 Å². The minimum atomic E-state index is -0.142. The molecule has 4 rings (SSSR count). The number of amides is 1. The van der Waals surface area contributed by atoms with Crippen molar-refractivity contribution in [3.05, 3.63) is 46.5 Å². The summed E-state index contributed by atoms with van der Waals surface area (Å²) in [5.74, 6) is 0.993. The van der Waals surface area contributed by atoms with Gasteiger partial charge in [0.1, 0.15) is 11.5 Å². The molecule has 1 amide bonds. The summed E-state index contributed by atoms with van der Waals surface area (Å²) in [7, 11) is 3.15. The van der Waals surface area contributed by atoms with Gasteiger partial charge in [0.25, 0.3) is 5.91 Å². The van der Waals surface area contributed by atoms with Crippen molar-refractivity contribution in [2.75, 3.05) is 58.5 Å². The van der Waals surface area contributed by atoms with E-state index in [0.29, 0.717) is 33.8 Å². The number of carbonyl (C=O) groups excluding carboxylic acids is 1. The number of methoxy groups -OCH3 is 2. The zero-order valence-electron chi connectivity index (χ0n) is 19.5. The monoisotopic (exact) mass is 525 g/mol. The lowest BCUT2D eigenvalue weighted by molar-refractivity contribution is 0.0376. The van der Waals surface area contributed by atoms with Gasteiger partial charge >= 0.3 is 0 Å². The second kappa shape index (κ2) is 12.0. The Morgan fingerprint density at radius 3 is 2.50 bits per heavy atom. The van der Waals surface area contributed by atoms with Crippen LogP contribution in [0.4, 0.5) is 5.13 Å². The van der Waals surface area contributed by atoms with Crippen LogP contribution in [-0.4, -0.2) is 69.4 Å². The molecule has 2 aromatic carbocycles. The first-order valence-corrected chi connectivity index (χ1v) is 12.1. The number of fused-ring (bicyclic) bond motifs is 1. The minimum absolute atomic E-state index is 0. The molecule has 0 saturated carbocycles. The van der Waals surface area contributed by atoms with Crippen molar-refractivity contribution in [2.24, 2.45) is 0 Å². The lowest BCUT2D eigenvalue weighted by atomic mass is 10.1. The molecular weight excluding hydrogens is 497 g/mol. The standard InChI is InChI=1S/C24H28ClN3O4S.ClH/c1-16-20(25)5-6-21-22(16)26-24(33-21)28(8-4-7-27-9-11-32-12-10-27)23(29)17-13-18(30-2)15-19(14-17)31-3;/h5-6,13-15H,4,7-12H2,1-3H3;1H. The first-order valence-electron chi connectivity index (χ1n) is 10.9. The van der Waals surface area contributed by atoms with Gasteiger partial charge in [-0.15, -0.1) is 12.4 Å². The number of nitrogens with zero attached hydrogens (tertiary/aromatic N) is 3. The fourth-order valence-corrected chi connectivity index (χ4v) is 5.05. The number of aromatic nitrogens is 1. The molecule has 184 valence electrons. The number of morpholine rings is 1. The summed E-state index contributed by atoms with van der Waals surface area (Å²) in [6.45, 7) is 6.73. The maximum Gasteiger partial charge on any atom is 0.260 e. The Kier molecular flexibility index (Phi) is 9.39. The van der Waals surface area contributed by atoms with Crippen molar-refractivity contribution in [1.29, 1.82) is 0 Å². The third-order valence-corrected chi connectivity index (χ3v) is 7.22. The van der Waals surface area contributed by atoms with Crippen LogP contribution in [0.15, 0.2) is 30.3 Å². The third kappa shape index (κ3) is 5.93. The van der Waals surface area contributed by atoms with E-state index in [1.807, 2.05) is 19.1 Å². The zero-order valence-corrected chi connectivity index (χ0v) is 21.9. The van der Waals surface area contributed by atoms with E-state index in [1.54, 1.807) is 37.3 Å². The number of hydrogen-bond acceptors (Lipinski definition) is 7. The van der Waals surface area contributed by atoms with Crippen LogP contribution in [0.5, 0.6) is 11.5 Å². The molecule has 0 radical (unpaired) electrons. The average molecular weight is 526 g/mol. The van der Waals surface area contributed by atoms with Gasteiger partial charge < -0.3 is 14.2 Å². The summed E-state index contributed by atoms with van der Waals surface area (Å²) in [6.07, 6.45) is 0.822. The number of carbonyl (C=O) groups is 1. The zero-order chi connectivity index (χ0) is 23.4. The first-order chi connectivity index (χ1) is 16.0. The summed E-state index contributed by atoms with van der Waals surface area (Å²) in [5, 5.41) is 1.33. The highest BCUT2D eigenvalue weighted by Gasteiger charge is 2.24. The molecule has 0 atom stereocenters. The van der Waals surface area contributed by atoms with Gasteiger partial charge in [-0.05, 0) is 43.2 Å². The molecule has 0 aliphatic carbocycles. The van der Waals surface area contributed by atoms with Crippen molar-refractivity contribution in [3.63, 3.8) is 0 Å². The molecule has 1 fully saturated rings. The Balaban J connectivity index is 0.00000324. The van der Waals surface area contributed by atoms with Gasteiger partial charge in [-0.3, -0.25) is 14.6 Å². The van der Waals surface area contributed by atoms with Gasteiger partial charge in [-0.1, -0.05) is 22.9 Å². The van der Waals surface area contributed by atoms with E-state index in [4.69, 9.17) is 30.8 Å². The molecule has 0 bridgehead atoms. The fraction of sp³-hybridized carbons (Fsp3) is 0.417. The van der Waals surface area contributed by atoms with Gasteiger partial charge in [-0.25, -0.2) is 4.98 Å². The number of anilines is 1. The second-order valence-corrected chi connectivity index (χ2v) is 9.30. The summed E-state index contributed by atoms with van der Waals surface area (Å²) in [6, 6.07) is 9.04. The van der Waals surface area contributed by atoms with Gasteiger partial charge in [-0.2, -0.15) is 0 Å². The van der Waals surface area contributed by atoms with Crippen LogP contribution in [0.2, 0.25) is 5.02 Å². The van der Waals surface area contributed by atoms with Gasteiger partial charge in [0.2, 0.25) is 0 Å². The minimum Gasteiger partial charge on any atom is -0.497 e. The number of thiazole rings is 1. The van der Waals surface area contributed by atoms with Gasteiger partial charge in [0.15, 0.2) is 5.13 Å². The van der Waals surface area contributed by atoms with Crippen molar-refractivity contribution in [1.82, 2.24) is 9.88 Å². The van der Waals surface area contributed by atoms with E-state index in [2.05, 4.69) is 4.90 Å². The number of hydrogen-bond donors (Lipinski definition) is 0. The number of ether oxygens (including phenoxy) is 3. The van der Waals surface area contributed by atoms with Crippen LogP contribution in [0.1, 0.15) is 22.3 Å². The highest BCUT2D eigenvalue weighted by molar-refractivity contribution is 7.22. The fourth-order valence-electron chi connectivity index (χ4n) is 3.85. The molecule has 2 heterocycles. The molecule has 0 spiro atoms. The van der Waals surface area contributed by atoms with E-state index in [-0.39, 0.29) is 18.3 Å². The second-order valence-electron chi connectivity index (χ2n) is 7.88. The number of rotatable bonds is 8. The Hall–Kier alpha value is -2.10. The van der Waals surface area contributed by atoms with Crippen LogP contribution >= 0.6 is 35.3 Å². The number of aryl methyl sites for hydroxylation is 1. The Bertz CT molecular complexity index is 1110. The van der Waals surface area contributed by atoms with Gasteiger partial charge in [0.05, 0.1) is 37.6 Å². The normalized spacial score (nSPS) is 14.0. The third-order valence-electron chi connectivity index (χ3n) is 5.77. The quantitative estimate of drug-likeness (QED) is 0.409. The predicted octanol–water partition coefficient (Wildman–Crippen LogP) is 5.07. The lowest BCUT2D eigenvalue weighted by Crippen LogP contribution is -2.39. The number of halogens is 2. The summed E-state index contributed by atoms with van der Waals surface area (Å²) >= 11 is 7.81. The van der Waals surface area contributed by atoms with Crippen LogP contribution in [0.25, 0.3) is 10.2 Å². The van der Waals surface area contributed by atoms with E-state index >= 15 is 0 Å². The van der Waals surface area contributed by atoms with Crippen LogP contribution < -0.4 is 14.4 Å². The van der Waals surface area contributed by atoms with Crippen molar-refractivity contribution < 1.29 is 19.0 Å². The smallest absolute Gasteiger partial charge is 0.260 e. The maximum atomic E-state index is 13.7. The molecule has 7 nitrogen and oxygen atoms in total. The van der Waals surface area contributed by atoms with Gasteiger partial charge in [0, 0.05) is 42.8 Å². The van der Waals surface area contributed by atoms with E-state index in [9.17, 15) is 4.79 Å². The van der Waals surface area contributed by atoms with Crippen molar-refractivity contribution in [2.45, 2.75) is 13.3 Å². The van der Waals surface area contributed by atoms with E-state index in [1.165, 1.54) is 11.3 Å². The molecule has 1 saturated heterocycles. The van der Waals surface area contributed by atoms with E-state index < -0.39 is 0 Å². The molecule has 0 unspecified atom stereocenters. The molecule has 1 aliphatic rings. The molecular formula is C24H29Cl2N3O4S. The van der Waals surface area contributed by atoms with E-state index in [0.717, 1.165) is 55.0 Å². The lowest BCUT2D eigenvalue weighted by Gasteiger charge is -2.27. The van der Waals surface area contributed by atoms with Crippen LogP contribution in [0, 0.1) is 6.92 Å². The highest BCUT2D eigenvalue weighted by atomic mass is 35.5. The molecule has 34 heavy (non-hydrogen) atoms. The largest absolute Gasteiger partial charge is 0.497 e. The Labute approximate surface area is 215 Å². The summed E-state index contributed by atoms with van der Waals surface area (Å²) in [4.78, 5) is 22.6. The highest BCUT2D eigenvalue weighted by Crippen LogP contribution is 2.35. The van der Waals surface area contributed by atoms with Crippen molar-refractivity contribution >= 4 is 56.6 Å². The number of benzene rings is 2. The SMILES string of the molecule is COc1cc(OC)cc(C(=O)N(CCCN2CCOCC2)c2nc3c(C)c(Cl)ccc3s2)c1.Cl. The van der Waals surface area contributed by atoms with Crippen LogP contribution in [-0.2, 0) is 4.74 Å². The van der Waals surface area contributed by atoms with Crippen LogP contribution in [0.3, 0.4) is 0 Å². The molecule has 1 aliphatic heterocycles. The molecule has 0 N–H and O–H groups in total. The topological polar surface area (TPSA) is 64.1 Å². The molecule has 10 heteroatoms. The molecule has 1 aromatic heterocycles. The maximum absolute atomic E-state index is 13.7.